The van der Waals surface area contributed by atoms with Gasteiger partial charge in [-0.3, -0.25) is 9.69 Å². The van der Waals surface area contributed by atoms with Crippen LogP contribution in [0.2, 0.25) is 0 Å². The minimum Gasteiger partial charge on any atom is -0.336 e. The van der Waals surface area contributed by atoms with Crippen LogP contribution in [0.15, 0.2) is 0 Å². The number of rotatable bonds is 4. The van der Waals surface area contributed by atoms with Gasteiger partial charge in [0, 0.05) is 45.2 Å². The molecule has 2 rings (SSSR count). The number of amides is 1. The summed E-state index contributed by atoms with van der Waals surface area (Å²) in [5.41, 5.74) is 5.54. The first kappa shape index (κ1) is 10.9. The highest BCUT2D eigenvalue weighted by molar-refractivity contribution is 5.74. The van der Waals surface area contributed by atoms with Gasteiger partial charge in [-0.25, -0.2) is 0 Å². The van der Waals surface area contributed by atoms with Crippen molar-refractivity contribution in [3.63, 3.8) is 0 Å². The van der Waals surface area contributed by atoms with Crippen molar-refractivity contribution in [2.45, 2.75) is 38.3 Å². The van der Waals surface area contributed by atoms with Crippen LogP contribution in [0.3, 0.4) is 0 Å². The monoisotopic (exact) mass is 211 g/mol. The van der Waals surface area contributed by atoms with Crippen LogP contribution >= 0.6 is 0 Å². The molecule has 1 heterocycles. The quantitative estimate of drug-likeness (QED) is 0.714. The molecule has 0 aromatic rings. The number of nitrogens with zero attached hydrogens (tertiary/aromatic N) is 2. The van der Waals surface area contributed by atoms with E-state index >= 15 is 0 Å². The second-order valence-corrected chi connectivity index (χ2v) is 4.69. The molecule has 2 fully saturated rings. The average molecular weight is 211 g/mol. The van der Waals surface area contributed by atoms with Crippen molar-refractivity contribution in [2.75, 3.05) is 26.2 Å². The summed E-state index contributed by atoms with van der Waals surface area (Å²) < 4.78 is 0. The summed E-state index contributed by atoms with van der Waals surface area (Å²) in [6.45, 7) is 5.50. The largest absolute Gasteiger partial charge is 0.336 e. The van der Waals surface area contributed by atoms with Crippen LogP contribution in [0.4, 0.5) is 0 Å². The van der Waals surface area contributed by atoms with Gasteiger partial charge < -0.3 is 10.6 Å². The van der Waals surface area contributed by atoms with Crippen molar-refractivity contribution in [3.8, 4) is 0 Å². The minimum atomic E-state index is 0.247. The van der Waals surface area contributed by atoms with Crippen LogP contribution in [0.5, 0.6) is 0 Å². The number of hydrogen-bond acceptors (Lipinski definition) is 3. The second kappa shape index (κ2) is 4.49. The highest BCUT2D eigenvalue weighted by Crippen LogP contribution is 2.31. The van der Waals surface area contributed by atoms with E-state index < -0.39 is 0 Å². The van der Waals surface area contributed by atoms with Gasteiger partial charge >= 0.3 is 0 Å². The van der Waals surface area contributed by atoms with E-state index in [9.17, 15) is 4.79 Å². The Kier molecular flexibility index (Phi) is 3.26. The summed E-state index contributed by atoms with van der Waals surface area (Å²) in [5.74, 6) is 0.247. The van der Waals surface area contributed by atoms with Gasteiger partial charge in [0.15, 0.2) is 0 Å². The number of nitrogens with two attached hydrogens (primary N) is 1. The number of likely N-dealkylation sites (tertiary alicyclic amines) is 1. The molecule has 0 radical (unpaired) electrons. The number of carbonyl (C=O) groups is 1. The molecule has 0 bridgehead atoms. The van der Waals surface area contributed by atoms with E-state index in [0.717, 1.165) is 32.6 Å². The highest BCUT2D eigenvalue weighted by atomic mass is 16.2. The van der Waals surface area contributed by atoms with Crippen LogP contribution < -0.4 is 5.73 Å². The average Bonchev–Trinajstić information content (AvgIpc) is 2.88. The van der Waals surface area contributed by atoms with Crippen molar-refractivity contribution in [1.29, 1.82) is 0 Å². The number of carbonyl (C=O) groups excluding carboxylic acids is 1. The molecule has 0 aromatic heterocycles. The zero-order valence-corrected chi connectivity index (χ0v) is 9.48. The van der Waals surface area contributed by atoms with Crippen molar-refractivity contribution >= 4 is 5.91 Å². The Bertz CT molecular complexity index is 240. The molecule has 1 atom stereocenters. The summed E-state index contributed by atoms with van der Waals surface area (Å²) in [5, 5.41) is 0. The maximum absolute atomic E-state index is 11.6. The van der Waals surface area contributed by atoms with Gasteiger partial charge in [-0.2, -0.15) is 0 Å². The Morgan fingerprint density at radius 2 is 2.13 bits per heavy atom. The molecular weight excluding hydrogens is 190 g/mol. The molecule has 0 aromatic carbocycles. The van der Waals surface area contributed by atoms with Crippen molar-refractivity contribution in [2.24, 2.45) is 5.73 Å². The highest BCUT2D eigenvalue weighted by Gasteiger charge is 2.38. The lowest BCUT2D eigenvalue weighted by Crippen LogP contribution is -2.42. The molecule has 2 N–H and O–H groups in total. The summed E-state index contributed by atoms with van der Waals surface area (Å²) >= 11 is 0. The van der Waals surface area contributed by atoms with Gasteiger partial charge in [-0.05, 0) is 19.3 Å². The lowest BCUT2D eigenvalue weighted by molar-refractivity contribution is -0.131. The van der Waals surface area contributed by atoms with Gasteiger partial charge in [-0.15, -0.1) is 0 Å². The molecule has 4 heteroatoms. The van der Waals surface area contributed by atoms with Gasteiger partial charge in [-0.1, -0.05) is 0 Å². The summed E-state index contributed by atoms with van der Waals surface area (Å²) in [4.78, 5) is 16.0. The molecule has 1 saturated carbocycles. The Morgan fingerprint density at radius 1 is 1.40 bits per heavy atom. The first-order valence-corrected chi connectivity index (χ1v) is 5.93. The molecule has 1 aliphatic carbocycles. The van der Waals surface area contributed by atoms with E-state index in [1.54, 1.807) is 6.92 Å². The van der Waals surface area contributed by atoms with Crippen molar-refractivity contribution < 1.29 is 4.79 Å². The molecule has 2 aliphatic rings. The van der Waals surface area contributed by atoms with E-state index in [1.165, 1.54) is 12.8 Å². The van der Waals surface area contributed by atoms with Crippen molar-refractivity contribution in [3.05, 3.63) is 0 Å². The Balaban J connectivity index is 1.89. The van der Waals surface area contributed by atoms with Gasteiger partial charge in [0.25, 0.3) is 0 Å². The number of hydrogen-bond donors (Lipinski definition) is 1. The predicted octanol–water partition coefficient (Wildman–Crippen LogP) is 0.0303. The molecule has 0 spiro atoms. The first-order valence-electron chi connectivity index (χ1n) is 5.93. The summed E-state index contributed by atoms with van der Waals surface area (Å²) in [6, 6.07) is 0.992. The normalized spacial score (nSPS) is 26.9. The Hall–Kier alpha value is -0.610. The molecule has 86 valence electrons. The third-order valence-corrected chi connectivity index (χ3v) is 3.39. The fourth-order valence-corrected chi connectivity index (χ4v) is 2.59. The predicted molar refractivity (Wildman–Crippen MR) is 59.4 cm³/mol. The standard InChI is InChI=1S/C11H21N3O/c1-9(15)14(10-2-3-10)11-4-6-13(8-11)7-5-12/h10-11H,2-8,12H2,1H3. The van der Waals surface area contributed by atoms with Crippen LogP contribution in [-0.4, -0.2) is 54.0 Å². The first-order chi connectivity index (χ1) is 7.22. The third-order valence-electron chi connectivity index (χ3n) is 3.39. The SMILES string of the molecule is CC(=O)N(C1CC1)C1CCN(CCN)C1. The van der Waals surface area contributed by atoms with E-state index in [4.69, 9.17) is 5.73 Å². The van der Waals surface area contributed by atoms with Gasteiger partial charge in [0.05, 0.1) is 0 Å². The molecule has 1 amide bonds. The third kappa shape index (κ3) is 2.49. The van der Waals surface area contributed by atoms with Gasteiger partial charge in [0.1, 0.15) is 0 Å². The second-order valence-electron chi connectivity index (χ2n) is 4.69. The topological polar surface area (TPSA) is 49.6 Å². The Labute approximate surface area is 91.4 Å². The van der Waals surface area contributed by atoms with E-state index in [0.29, 0.717) is 12.1 Å². The lowest BCUT2D eigenvalue weighted by Gasteiger charge is -2.28. The molecule has 1 saturated heterocycles. The van der Waals surface area contributed by atoms with E-state index in [-0.39, 0.29) is 5.91 Å². The fourth-order valence-electron chi connectivity index (χ4n) is 2.59. The molecular formula is C11H21N3O. The zero-order chi connectivity index (χ0) is 10.8. The van der Waals surface area contributed by atoms with Crippen LogP contribution in [0.1, 0.15) is 26.2 Å². The smallest absolute Gasteiger partial charge is 0.219 e. The summed E-state index contributed by atoms with van der Waals surface area (Å²) in [6.07, 6.45) is 3.52. The van der Waals surface area contributed by atoms with E-state index in [1.807, 2.05) is 0 Å². The zero-order valence-electron chi connectivity index (χ0n) is 9.48. The molecule has 1 unspecified atom stereocenters. The summed E-state index contributed by atoms with van der Waals surface area (Å²) in [7, 11) is 0. The molecule has 4 nitrogen and oxygen atoms in total. The van der Waals surface area contributed by atoms with Crippen LogP contribution in [0.25, 0.3) is 0 Å². The van der Waals surface area contributed by atoms with Gasteiger partial charge in [0.2, 0.25) is 5.91 Å². The molecule has 15 heavy (non-hydrogen) atoms. The lowest BCUT2D eigenvalue weighted by atomic mass is 10.2. The minimum absolute atomic E-state index is 0.247. The van der Waals surface area contributed by atoms with Crippen molar-refractivity contribution in [1.82, 2.24) is 9.80 Å². The fraction of sp³-hybridized carbons (Fsp3) is 0.909. The Morgan fingerprint density at radius 3 is 2.67 bits per heavy atom. The maximum Gasteiger partial charge on any atom is 0.219 e. The van der Waals surface area contributed by atoms with E-state index in [2.05, 4.69) is 9.80 Å². The van der Waals surface area contributed by atoms with Crippen LogP contribution in [0, 0.1) is 0 Å². The molecule has 1 aliphatic heterocycles. The van der Waals surface area contributed by atoms with Crippen LogP contribution in [-0.2, 0) is 4.79 Å². The maximum atomic E-state index is 11.6.